The van der Waals surface area contributed by atoms with Crippen LogP contribution in [-0.2, 0) is 6.54 Å². The van der Waals surface area contributed by atoms with Crippen molar-refractivity contribution in [2.24, 2.45) is 0 Å². The standard InChI is InChI=1S/C9H15N3O/c1-8-6-9(13-11-8)7-12-4-2-10-3-5-12/h6,10H,2-5,7H2,1H3/p+2. The maximum atomic E-state index is 5.19. The zero-order chi connectivity index (χ0) is 9.10. The summed E-state index contributed by atoms with van der Waals surface area (Å²) in [5.41, 5.74) is 0.984. The summed E-state index contributed by atoms with van der Waals surface area (Å²) in [6, 6.07) is 2.03. The molecule has 0 amide bonds. The minimum Gasteiger partial charge on any atom is -0.355 e. The van der Waals surface area contributed by atoms with Gasteiger partial charge in [-0.2, -0.15) is 0 Å². The number of quaternary nitrogens is 2. The fraction of sp³-hybridized carbons (Fsp3) is 0.667. The number of hydrogen-bond acceptors (Lipinski definition) is 2. The Labute approximate surface area is 77.9 Å². The van der Waals surface area contributed by atoms with Crippen LogP contribution in [-0.4, -0.2) is 31.3 Å². The van der Waals surface area contributed by atoms with E-state index in [1.54, 1.807) is 4.90 Å². The maximum absolute atomic E-state index is 5.19. The fourth-order valence-corrected chi connectivity index (χ4v) is 1.80. The number of hydrogen-bond donors (Lipinski definition) is 2. The first-order valence-corrected chi connectivity index (χ1v) is 4.92. The number of nitrogens with two attached hydrogens (primary N) is 1. The summed E-state index contributed by atoms with van der Waals surface area (Å²) < 4.78 is 5.19. The Bertz CT molecular complexity index is 266. The Morgan fingerprint density at radius 1 is 1.54 bits per heavy atom. The van der Waals surface area contributed by atoms with Gasteiger partial charge in [0.15, 0.2) is 5.76 Å². The van der Waals surface area contributed by atoms with Crippen molar-refractivity contribution >= 4 is 0 Å². The van der Waals surface area contributed by atoms with Crippen molar-refractivity contribution in [2.75, 3.05) is 26.2 Å². The molecule has 0 unspecified atom stereocenters. The van der Waals surface area contributed by atoms with E-state index in [2.05, 4.69) is 10.5 Å². The van der Waals surface area contributed by atoms with E-state index in [9.17, 15) is 0 Å². The highest BCUT2D eigenvalue weighted by Crippen LogP contribution is 1.99. The van der Waals surface area contributed by atoms with Crippen LogP contribution in [0, 0.1) is 6.92 Å². The van der Waals surface area contributed by atoms with Crippen LogP contribution in [0.2, 0.25) is 0 Å². The number of piperazine rings is 1. The quantitative estimate of drug-likeness (QED) is 0.554. The largest absolute Gasteiger partial charge is 0.355 e. The van der Waals surface area contributed by atoms with Crippen LogP contribution < -0.4 is 10.2 Å². The molecule has 4 nitrogen and oxygen atoms in total. The Hall–Kier alpha value is -0.870. The number of aromatic nitrogens is 1. The normalized spacial score (nSPS) is 19.2. The van der Waals surface area contributed by atoms with E-state index in [1.807, 2.05) is 13.0 Å². The van der Waals surface area contributed by atoms with E-state index in [0.717, 1.165) is 18.0 Å². The molecule has 0 atom stereocenters. The van der Waals surface area contributed by atoms with E-state index >= 15 is 0 Å². The molecule has 0 bridgehead atoms. The summed E-state index contributed by atoms with van der Waals surface area (Å²) >= 11 is 0. The number of nitrogens with zero attached hydrogens (tertiary/aromatic N) is 1. The minimum absolute atomic E-state index is 0.984. The van der Waals surface area contributed by atoms with Crippen LogP contribution in [0.1, 0.15) is 11.5 Å². The smallest absolute Gasteiger partial charge is 0.191 e. The van der Waals surface area contributed by atoms with Crippen LogP contribution in [0.3, 0.4) is 0 Å². The Kier molecular flexibility index (Phi) is 2.61. The monoisotopic (exact) mass is 183 g/mol. The summed E-state index contributed by atoms with van der Waals surface area (Å²) in [6.07, 6.45) is 0. The van der Waals surface area contributed by atoms with Gasteiger partial charge in [0.05, 0.1) is 5.69 Å². The van der Waals surface area contributed by atoms with Gasteiger partial charge >= 0.3 is 0 Å². The predicted octanol–water partition coefficient (Wildman–Crippen LogP) is -2.06. The van der Waals surface area contributed by atoms with Gasteiger partial charge in [-0.3, -0.25) is 0 Å². The van der Waals surface area contributed by atoms with Crippen LogP contribution in [0.15, 0.2) is 10.6 Å². The van der Waals surface area contributed by atoms with Gasteiger partial charge in [-0.25, -0.2) is 0 Å². The van der Waals surface area contributed by atoms with Crippen molar-refractivity contribution in [3.8, 4) is 0 Å². The maximum Gasteiger partial charge on any atom is 0.191 e. The van der Waals surface area contributed by atoms with Crippen LogP contribution in [0.4, 0.5) is 0 Å². The summed E-state index contributed by atoms with van der Waals surface area (Å²) in [7, 11) is 0. The molecule has 0 aliphatic carbocycles. The predicted molar refractivity (Wildman–Crippen MR) is 47.3 cm³/mol. The zero-order valence-electron chi connectivity index (χ0n) is 8.05. The van der Waals surface area contributed by atoms with Gasteiger partial charge in [-0.15, -0.1) is 0 Å². The molecule has 1 aliphatic heterocycles. The molecular weight excluding hydrogens is 166 g/mol. The highest BCUT2D eigenvalue weighted by atomic mass is 16.5. The first-order chi connectivity index (χ1) is 6.34. The molecule has 13 heavy (non-hydrogen) atoms. The fourth-order valence-electron chi connectivity index (χ4n) is 1.80. The molecule has 0 saturated carbocycles. The first-order valence-electron chi connectivity index (χ1n) is 4.92. The van der Waals surface area contributed by atoms with Crippen LogP contribution >= 0.6 is 0 Å². The van der Waals surface area contributed by atoms with Crippen molar-refractivity contribution in [1.29, 1.82) is 0 Å². The first kappa shape index (κ1) is 8.72. The van der Waals surface area contributed by atoms with Gasteiger partial charge in [0, 0.05) is 6.07 Å². The van der Waals surface area contributed by atoms with Crippen molar-refractivity contribution in [2.45, 2.75) is 13.5 Å². The second-order valence-corrected chi connectivity index (χ2v) is 3.73. The molecule has 1 fully saturated rings. The third-order valence-electron chi connectivity index (χ3n) is 2.51. The molecule has 0 aromatic carbocycles. The minimum atomic E-state index is 0.984. The molecule has 1 saturated heterocycles. The SMILES string of the molecule is Cc1cc(C[NH+]2CC[NH2+]CC2)on1. The van der Waals surface area contributed by atoms with Gasteiger partial charge in [0.2, 0.25) is 0 Å². The molecule has 0 radical (unpaired) electrons. The molecule has 3 N–H and O–H groups in total. The molecular formula is C9H17N3O+2. The topological polar surface area (TPSA) is 47.1 Å². The molecule has 2 heterocycles. The average molecular weight is 183 g/mol. The Morgan fingerprint density at radius 2 is 2.31 bits per heavy atom. The van der Waals surface area contributed by atoms with Crippen LogP contribution in [0.5, 0.6) is 0 Å². The second-order valence-electron chi connectivity index (χ2n) is 3.73. The zero-order valence-corrected chi connectivity index (χ0v) is 8.05. The van der Waals surface area contributed by atoms with Crippen molar-refractivity contribution in [3.05, 3.63) is 17.5 Å². The molecule has 1 aliphatic rings. The van der Waals surface area contributed by atoms with E-state index in [-0.39, 0.29) is 0 Å². The molecule has 4 heteroatoms. The molecule has 0 spiro atoms. The molecule has 1 aromatic heterocycles. The lowest BCUT2D eigenvalue weighted by molar-refractivity contribution is -0.958. The molecule has 1 aromatic rings. The van der Waals surface area contributed by atoms with E-state index < -0.39 is 0 Å². The Balaban J connectivity index is 1.89. The lowest BCUT2D eigenvalue weighted by atomic mass is 10.3. The summed E-state index contributed by atoms with van der Waals surface area (Å²) in [5, 5.41) is 6.26. The molecule has 2 rings (SSSR count). The van der Waals surface area contributed by atoms with Gasteiger partial charge < -0.3 is 14.7 Å². The lowest BCUT2D eigenvalue weighted by Gasteiger charge is -2.20. The van der Waals surface area contributed by atoms with Crippen molar-refractivity contribution in [1.82, 2.24) is 5.16 Å². The lowest BCUT2D eigenvalue weighted by Crippen LogP contribution is -3.19. The third-order valence-corrected chi connectivity index (χ3v) is 2.51. The van der Waals surface area contributed by atoms with E-state index in [4.69, 9.17) is 4.52 Å². The summed E-state index contributed by atoms with van der Waals surface area (Å²) in [6.45, 7) is 7.91. The number of aryl methyl sites for hydroxylation is 1. The second kappa shape index (κ2) is 3.89. The highest BCUT2D eigenvalue weighted by Gasteiger charge is 2.17. The summed E-state index contributed by atoms with van der Waals surface area (Å²) in [5.74, 6) is 1.02. The van der Waals surface area contributed by atoms with Crippen molar-refractivity contribution < 1.29 is 14.7 Å². The number of rotatable bonds is 2. The highest BCUT2D eigenvalue weighted by molar-refractivity contribution is 5.01. The number of nitrogens with one attached hydrogen (secondary N) is 1. The van der Waals surface area contributed by atoms with Gasteiger partial charge in [0.1, 0.15) is 32.7 Å². The third kappa shape index (κ3) is 2.29. The Morgan fingerprint density at radius 3 is 2.92 bits per heavy atom. The van der Waals surface area contributed by atoms with E-state index in [1.165, 1.54) is 26.2 Å². The van der Waals surface area contributed by atoms with Crippen molar-refractivity contribution in [3.63, 3.8) is 0 Å². The van der Waals surface area contributed by atoms with Crippen LogP contribution in [0.25, 0.3) is 0 Å². The van der Waals surface area contributed by atoms with Gasteiger partial charge in [-0.05, 0) is 6.92 Å². The van der Waals surface area contributed by atoms with Gasteiger partial charge in [-0.1, -0.05) is 5.16 Å². The summed E-state index contributed by atoms with van der Waals surface area (Å²) in [4.78, 5) is 1.61. The average Bonchev–Trinajstić information content (AvgIpc) is 2.53. The molecule has 72 valence electrons. The van der Waals surface area contributed by atoms with Gasteiger partial charge in [0.25, 0.3) is 0 Å². The van der Waals surface area contributed by atoms with E-state index in [0.29, 0.717) is 0 Å².